The Morgan fingerprint density at radius 1 is 1.49 bits per heavy atom. The number of aliphatic hydroxyl groups is 1. The summed E-state index contributed by atoms with van der Waals surface area (Å²) in [5, 5.41) is 22.4. The number of carbonyl (C=O) groups is 1. The molecule has 1 unspecified atom stereocenters. The summed E-state index contributed by atoms with van der Waals surface area (Å²) in [4.78, 5) is 30.6. The summed E-state index contributed by atoms with van der Waals surface area (Å²) in [7, 11) is 0. The third-order valence-electron chi connectivity index (χ3n) is 6.33. The maximum absolute atomic E-state index is 14.2. The number of aromatic amines is 1. The molecule has 1 amide bonds. The first-order valence-corrected chi connectivity index (χ1v) is 11.2. The Bertz CT molecular complexity index is 1330. The van der Waals surface area contributed by atoms with E-state index in [9.17, 15) is 14.4 Å². The molecule has 12 heteroatoms. The minimum Gasteiger partial charge on any atom is -0.395 e. The van der Waals surface area contributed by atoms with Gasteiger partial charge in [0, 0.05) is 12.7 Å². The largest absolute Gasteiger partial charge is 0.395 e. The number of aliphatic hydroxyl groups excluding tert-OH is 1. The smallest absolute Gasteiger partial charge is 0.317 e. The number of nitrogens with two attached hydrogens (primary N) is 1. The van der Waals surface area contributed by atoms with E-state index in [-0.39, 0.29) is 40.9 Å². The number of aryl methyl sites for hydroxylation is 1. The normalized spacial score (nSPS) is 20.6. The number of carbonyl (C=O) groups excluding carboxylic acids is 1. The number of fused-ring (bicyclic) bond motifs is 1. The number of aromatic nitrogens is 3. The number of H-pyrrole nitrogens is 1. The van der Waals surface area contributed by atoms with Gasteiger partial charge in [-0.25, -0.2) is 14.4 Å². The fourth-order valence-electron chi connectivity index (χ4n) is 4.36. The average molecular weight is 481 g/mol. The second-order valence-corrected chi connectivity index (χ2v) is 8.49. The van der Waals surface area contributed by atoms with Crippen molar-refractivity contribution in [1.82, 2.24) is 20.3 Å². The molecule has 0 spiro atoms. The summed E-state index contributed by atoms with van der Waals surface area (Å²) in [6.45, 7) is 4.99. The Balaban J connectivity index is 1.60. The number of aliphatic imine (C=N–C) groups is 1. The van der Waals surface area contributed by atoms with Gasteiger partial charge in [0.2, 0.25) is 0 Å². The average Bonchev–Trinajstić information content (AvgIpc) is 3.24. The standard InChI is InChI=1S/C23H26FN9O2/c1-14-10-28-20-19(14)21(30-13-29-20)32-6-7-33(12-25,15(2)11-32)23(26)31-16-3-4-18(24)17(9-16)22(35)27-5-8-34/h3-4,9-10,13,15,34H,5-8,11H2,1-2H3,(H3-,26,27,28,29,30,31,35)/p+1/t15?,33-/m0/s1. The second-order valence-electron chi connectivity index (χ2n) is 8.49. The number of halogens is 1. The number of nitrogens with zero attached hydrogens (tertiary/aromatic N) is 6. The zero-order valence-electron chi connectivity index (χ0n) is 19.5. The van der Waals surface area contributed by atoms with Crippen molar-refractivity contribution in [3.05, 3.63) is 47.7 Å². The number of hydrogen-bond acceptors (Lipinski definition) is 7. The van der Waals surface area contributed by atoms with Crippen LogP contribution in [0.5, 0.6) is 0 Å². The molecule has 35 heavy (non-hydrogen) atoms. The first-order chi connectivity index (χ1) is 16.8. The molecular formula is C23H27FN9O2+. The van der Waals surface area contributed by atoms with Crippen LogP contribution in [0.2, 0.25) is 0 Å². The summed E-state index contributed by atoms with van der Waals surface area (Å²) in [5.74, 6) is -0.544. The Hall–Kier alpha value is -4.08. The minimum absolute atomic E-state index is 0.00270. The minimum atomic E-state index is -0.722. The lowest BCUT2D eigenvalue weighted by molar-refractivity contribution is -0.802. The predicted molar refractivity (Wildman–Crippen MR) is 128 cm³/mol. The maximum Gasteiger partial charge on any atom is 0.317 e. The molecule has 11 nitrogen and oxygen atoms in total. The van der Waals surface area contributed by atoms with E-state index >= 15 is 0 Å². The molecule has 0 aliphatic carbocycles. The molecule has 2 atom stereocenters. The molecule has 1 fully saturated rings. The van der Waals surface area contributed by atoms with Crippen LogP contribution in [0.25, 0.3) is 11.0 Å². The van der Waals surface area contributed by atoms with Gasteiger partial charge >= 0.3 is 12.2 Å². The molecule has 2 aromatic heterocycles. The number of rotatable bonds is 5. The second kappa shape index (κ2) is 9.65. The van der Waals surface area contributed by atoms with E-state index in [1.807, 2.05) is 20.0 Å². The highest BCUT2D eigenvalue weighted by molar-refractivity contribution is 5.95. The van der Waals surface area contributed by atoms with E-state index in [2.05, 4.69) is 36.4 Å². The van der Waals surface area contributed by atoms with E-state index in [0.29, 0.717) is 19.6 Å². The molecule has 0 radical (unpaired) electrons. The van der Waals surface area contributed by atoms with Crippen LogP contribution >= 0.6 is 0 Å². The SMILES string of the molecule is Cc1c[nH]c2ncnc(N3CC[N@@+](C#N)(C(N)=Nc4ccc(F)c(C(=O)NCCO)c4)C(C)C3)c12. The highest BCUT2D eigenvalue weighted by Gasteiger charge is 2.45. The van der Waals surface area contributed by atoms with Crippen LogP contribution < -0.4 is 16.0 Å². The number of amides is 1. The highest BCUT2D eigenvalue weighted by Crippen LogP contribution is 2.30. The number of nitriles is 1. The number of piperazine rings is 1. The van der Waals surface area contributed by atoms with Crippen molar-refractivity contribution in [3.8, 4) is 6.19 Å². The zero-order valence-corrected chi connectivity index (χ0v) is 19.5. The molecule has 0 saturated carbocycles. The van der Waals surface area contributed by atoms with Crippen molar-refractivity contribution < 1.29 is 18.8 Å². The van der Waals surface area contributed by atoms with Crippen molar-refractivity contribution in [2.45, 2.75) is 19.9 Å². The van der Waals surface area contributed by atoms with Crippen molar-refractivity contribution >= 4 is 34.4 Å². The molecule has 0 bridgehead atoms. The fraction of sp³-hybridized carbons (Fsp3) is 0.348. The van der Waals surface area contributed by atoms with E-state index in [1.165, 1.54) is 18.5 Å². The van der Waals surface area contributed by atoms with Crippen LogP contribution in [0.1, 0.15) is 22.8 Å². The number of nitrogens with one attached hydrogen (secondary N) is 2. The molecule has 1 aromatic carbocycles. The Kier molecular flexibility index (Phi) is 6.63. The molecular weight excluding hydrogens is 453 g/mol. The van der Waals surface area contributed by atoms with E-state index in [4.69, 9.17) is 10.8 Å². The number of hydrogen-bond donors (Lipinski definition) is 4. The first kappa shape index (κ1) is 24.1. The van der Waals surface area contributed by atoms with E-state index < -0.39 is 11.7 Å². The highest BCUT2D eigenvalue weighted by atomic mass is 19.1. The monoisotopic (exact) mass is 480 g/mol. The van der Waals surface area contributed by atoms with Gasteiger partial charge in [0.25, 0.3) is 5.91 Å². The molecule has 3 aromatic rings. The van der Waals surface area contributed by atoms with Crippen LogP contribution in [0.3, 0.4) is 0 Å². The molecule has 3 heterocycles. The van der Waals surface area contributed by atoms with Crippen LogP contribution in [0.4, 0.5) is 15.9 Å². The van der Waals surface area contributed by atoms with Gasteiger partial charge in [0.15, 0.2) is 0 Å². The van der Waals surface area contributed by atoms with Gasteiger partial charge in [-0.1, -0.05) is 0 Å². The molecule has 5 N–H and O–H groups in total. The van der Waals surface area contributed by atoms with Gasteiger partial charge in [-0.2, -0.15) is 9.48 Å². The summed E-state index contributed by atoms with van der Waals surface area (Å²) < 4.78 is 14.0. The fourth-order valence-corrected chi connectivity index (χ4v) is 4.36. The topological polar surface area (TPSA) is 156 Å². The molecule has 1 saturated heterocycles. The molecule has 1 aliphatic rings. The number of quaternary nitrogens is 1. The van der Waals surface area contributed by atoms with Crippen molar-refractivity contribution in [1.29, 1.82) is 5.26 Å². The molecule has 182 valence electrons. The van der Waals surface area contributed by atoms with Crippen molar-refractivity contribution in [2.24, 2.45) is 10.7 Å². The number of benzene rings is 1. The maximum atomic E-state index is 14.2. The van der Waals surface area contributed by atoms with Crippen LogP contribution in [-0.2, 0) is 0 Å². The number of anilines is 1. The first-order valence-electron chi connectivity index (χ1n) is 11.2. The summed E-state index contributed by atoms with van der Waals surface area (Å²) >= 11 is 0. The zero-order chi connectivity index (χ0) is 25.2. The van der Waals surface area contributed by atoms with Crippen molar-refractivity contribution in [3.63, 3.8) is 0 Å². The van der Waals surface area contributed by atoms with E-state index in [1.54, 1.807) is 0 Å². The van der Waals surface area contributed by atoms with Crippen molar-refractivity contribution in [2.75, 3.05) is 37.7 Å². The summed E-state index contributed by atoms with van der Waals surface area (Å²) in [6, 6.07) is 3.54. The summed E-state index contributed by atoms with van der Waals surface area (Å²) in [5.41, 5.74) is 8.18. The van der Waals surface area contributed by atoms with Crippen LogP contribution in [0.15, 0.2) is 35.7 Å². The Morgan fingerprint density at radius 2 is 2.29 bits per heavy atom. The lowest BCUT2D eigenvalue weighted by Crippen LogP contribution is -2.67. The van der Waals surface area contributed by atoms with Gasteiger partial charge in [-0.15, -0.1) is 5.26 Å². The Labute approximate surface area is 201 Å². The van der Waals surface area contributed by atoms with Crippen LogP contribution in [0, 0.1) is 24.2 Å². The quantitative estimate of drug-likeness (QED) is 0.185. The lowest BCUT2D eigenvalue weighted by Gasteiger charge is -2.42. The number of guanidine groups is 1. The summed E-state index contributed by atoms with van der Waals surface area (Å²) in [6.07, 6.45) is 5.71. The third-order valence-corrected chi connectivity index (χ3v) is 6.33. The predicted octanol–water partition coefficient (Wildman–Crippen LogP) is 1.28. The molecule has 4 rings (SSSR count). The van der Waals surface area contributed by atoms with Gasteiger partial charge in [-0.3, -0.25) is 4.79 Å². The van der Waals surface area contributed by atoms with Gasteiger partial charge < -0.3 is 26.0 Å². The molecule has 1 aliphatic heterocycles. The van der Waals surface area contributed by atoms with Gasteiger partial charge in [0.1, 0.15) is 36.2 Å². The van der Waals surface area contributed by atoms with Crippen LogP contribution in [-0.4, -0.2) is 75.2 Å². The lowest BCUT2D eigenvalue weighted by atomic mass is 10.1. The Morgan fingerprint density at radius 3 is 3.00 bits per heavy atom. The van der Waals surface area contributed by atoms with E-state index in [0.717, 1.165) is 28.5 Å². The third kappa shape index (κ3) is 4.39. The van der Waals surface area contributed by atoms with Gasteiger partial charge in [0.05, 0.1) is 36.3 Å². The van der Waals surface area contributed by atoms with Gasteiger partial charge in [-0.05, 0) is 37.6 Å².